The molecule has 3 saturated carbocycles. The third-order valence-corrected chi connectivity index (χ3v) is 7.49. The molecule has 1 N–H and O–H groups in total. The van der Waals surface area contributed by atoms with Gasteiger partial charge in [-0.1, -0.05) is 49.0 Å². The average molecular weight is 369 g/mol. The topological polar surface area (TPSA) is 20.2 Å². The molecule has 27 heavy (non-hydrogen) atoms. The fourth-order valence-corrected chi connectivity index (χ4v) is 5.77. The van der Waals surface area contributed by atoms with Crippen LogP contribution in [-0.2, 0) is 0 Å². The fraction of sp³-hybridized carbons (Fsp3) is 0.692. The Kier molecular flexibility index (Phi) is 6.51. The molecule has 3 rings (SSSR count). The molecule has 1 heteroatoms. The van der Waals surface area contributed by atoms with Crippen LogP contribution in [0.2, 0.25) is 0 Å². The normalized spacial score (nSPS) is 35.3. The van der Waals surface area contributed by atoms with Gasteiger partial charge in [0.05, 0.1) is 5.60 Å². The van der Waals surface area contributed by atoms with Crippen molar-refractivity contribution >= 4 is 0 Å². The van der Waals surface area contributed by atoms with Crippen LogP contribution in [0.4, 0.5) is 0 Å². The Labute approximate surface area is 167 Å². The molecule has 1 nitrogen and oxygen atoms in total. The molecule has 3 atom stereocenters. The van der Waals surface area contributed by atoms with Gasteiger partial charge in [0.25, 0.3) is 0 Å². The Bertz CT molecular complexity index is 627. The number of rotatable bonds is 5. The van der Waals surface area contributed by atoms with Crippen LogP contribution in [0.25, 0.3) is 0 Å². The Balaban J connectivity index is 1.67. The third kappa shape index (κ3) is 5.05. The lowest BCUT2D eigenvalue weighted by molar-refractivity contribution is 0.0837. The summed E-state index contributed by atoms with van der Waals surface area (Å²) in [5.74, 6) is 1.56. The number of fused-ring (bicyclic) bond motifs is 1. The zero-order valence-electron chi connectivity index (χ0n) is 17.9. The highest BCUT2D eigenvalue weighted by Gasteiger charge is 2.48. The van der Waals surface area contributed by atoms with E-state index in [2.05, 4.69) is 37.8 Å². The maximum Gasteiger partial charge on any atom is 0.0626 e. The monoisotopic (exact) mass is 368 g/mol. The Morgan fingerprint density at radius 3 is 2.59 bits per heavy atom. The molecule has 0 aliphatic heterocycles. The van der Waals surface area contributed by atoms with Crippen LogP contribution in [0.1, 0.15) is 91.4 Å². The molecule has 3 aliphatic rings. The van der Waals surface area contributed by atoms with Gasteiger partial charge in [-0.05, 0) is 107 Å². The molecule has 3 aliphatic carbocycles. The second-order valence-corrected chi connectivity index (χ2v) is 10.2. The number of hydrogen-bond acceptors (Lipinski definition) is 1. The summed E-state index contributed by atoms with van der Waals surface area (Å²) in [6.45, 7) is 10.6. The zero-order valence-corrected chi connectivity index (χ0v) is 17.9. The summed E-state index contributed by atoms with van der Waals surface area (Å²) in [5.41, 5.74) is 4.46. The van der Waals surface area contributed by atoms with Gasteiger partial charge in [-0.2, -0.15) is 0 Å². The van der Waals surface area contributed by atoms with Gasteiger partial charge >= 0.3 is 0 Å². The van der Waals surface area contributed by atoms with E-state index in [9.17, 15) is 5.11 Å². The predicted molar refractivity (Wildman–Crippen MR) is 117 cm³/mol. The lowest BCUT2D eigenvalue weighted by atomic mass is 9.63. The largest absolute Gasteiger partial charge is 0.390 e. The van der Waals surface area contributed by atoms with Crippen molar-refractivity contribution in [3.8, 4) is 0 Å². The van der Waals surface area contributed by atoms with E-state index < -0.39 is 5.60 Å². The Hall–Kier alpha value is -1.08. The standard InChI is InChI=1S/C26H40O/c1-20-10-5-6-11-21(20)14-15-22-12-9-19-26(4)23(16-17-24(22)26)13-7-8-18-25(2,3)27/h7-8,14-15,23-24,27H,1,5-6,9-13,16-19H2,2-4H3/b8-7+,21-14-,22-15+. The molecular formula is C26H40O. The SMILES string of the molecule is C=C1CCCC/C1=C/C=C1\CCCC2(C)C(C/C=C/CC(C)(C)O)CCC12. The lowest BCUT2D eigenvalue weighted by Crippen LogP contribution is -2.33. The van der Waals surface area contributed by atoms with Crippen LogP contribution in [-0.4, -0.2) is 10.7 Å². The van der Waals surface area contributed by atoms with E-state index in [4.69, 9.17) is 0 Å². The van der Waals surface area contributed by atoms with Crippen LogP contribution in [0.5, 0.6) is 0 Å². The van der Waals surface area contributed by atoms with Gasteiger partial charge in [-0.3, -0.25) is 0 Å². The van der Waals surface area contributed by atoms with E-state index in [1.54, 1.807) is 5.57 Å². The predicted octanol–water partition coefficient (Wildman–Crippen LogP) is 7.29. The first-order valence-corrected chi connectivity index (χ1v) is 11.2. The van der Waals surface area contributed by atoms with Gasteiger partial charge in [0.1, 0.15) is 0 Å². The van der Waals surface area contributed by atoms with E-state index in [-0.39, 0.29) is 0 Å². The maximum absolute atomic E-state index is 9.90. The van der Waals surface area contributed by atoms with Crippen molar-refractivity contribution in [3.05, 3.63) is 47.6 Å². The van der Waals surface area contributed by atoms with E-state index >= 15 is 0 Å². The van der Waals surface area contributed by atoms with Crippen molar-refractivity contribution in [2.45, 2.75) is 97.0 Å². The second kappa shape index (κ2) is 8.52. The molecule has 0 amide bonds. The first-order chi connectivity index (χ1) is 12.8. The van der Waals surface area contributed by atoms with Crippen LogP contribution in [0.15, 0.2) is 47.6 Å². The van der Waals surface area contributed by atoms with Crippen LogP contribution in [0, 0.1) is 17.3 Å². The first-order valence-electron chi connectivity index (χ1n) is 11.2. The summed E-state index contributed by atoms with van der Waals surface area (Å²) in [6.07, 6.45) is 23.1. The number of hydrogen-bond donors (Lipinski definition) is 1. The fourth-order valence-electron chi connectivity index (χ4n) is 5.77. The molecule has 150 valence electrons. The van der Waals surface area contributed by atoms with E-state index in [0.717, 1.165) is 18.3 Å². The van der Waals surface area contributed by atoms with Crippen molar-refractivity contribution in [1.82, 2.24) is 0 Å². The molecule has 0 radical (unpaired) electrons. The summed E-state index contributed by atoms with van der Waals surface area (Å²) in [6, 6.07) is 0. The van der Waals surface area contributed by atoms with Gasteiger partial charge in [-0.25, -0.2) is 0 Å². The molecule has 0 aromatic heterocycles. The molecule has 3 fully saturated rings. The van der Waals surface area contributed by atoms with Crippen LogP contribution in [0.3, 0.4) is 0 Å². The van der Waals surface area contributed by atoms with Crippen LogP contribution >= 0.6 is 0 Å². The van der Waals surface area contributed by atoms with Crippen molar-refractivity contribution in [1.29, 1.82) is 0 Å². The minimum Gasteiger partial charge on any atom is -0.390 e. The molecule has 0 saturated heterocycles. The molecule has 0 bridgehead atoms. The molecule has 0 spiro atoms. The van der Waals surface area contributed by atoms with Crippen LogP contribution < -0.4 is 0 Å². The second-order valence-electron chi connectivity index (χ2n) is 10.2. The summed E-state index contributed by atoms with van der Waals surface area (Å²) < 4.78 is 0. The van der Waals surface area contributed by atoms with Crippen molar-refractivity contribution in [3.63, 3.8) is 0 Å². The molecule has 0 heterocycles. The quantitative estimate of drug-likeness (QED) is 0.505. The van der Waals surface area contributed by atoms with Gasteiger partial charge in [-0.15, -0.1) is 0 Å². The van der Waals surface area contributed by atoms with Gasteiger partial charge in [0, 0.05) is 0 Å². The highest BCUT2D eigenvalue weighted by atomic mass is 16.3. The van der Waals surface area contributed by atoms with Gasteiger partial charge in [0.15, 0.2) is 0 Å². The Morgan fingerprint density at radius 1 is 1.07 bits per heavy atom. The minimum absolute atomic E-state index is 0.464. The molecule has 3 unspecified atom stereocenters. The van der Waals surface area contributed by atoms with E-state index in [0.29, 0.717) is 5.41 Å². The van der Waals surface area contributed by atoms with E-state index in [1.807, 2.05) is 13.8 Å². The van der Waals surface area contributed by atoms with Crippen molar-refractivity contribution in [2.24, 2.45) is 17.3 Å². The van der Waals surface area contributed by atoms with Gasteiger partial charge in [0.2, 0.25) is 0 Å². The summed E-state index contributed by atoms with van der Waals surface area (Å²) in [4.78, 5) is 0. The summed E-state index contributed by atoms with van der Waals surface area (Å²) >= 11 is 0. The maximum atomic E-state index is 9.90. The zero-order chi connectivity index (χ0) is 19.5. The highest BCUT2D eigenvalue weighted by molar-refractivity contribution is 5.35. The third-order valence-electron chi connectivity index (χ3n) is 7.49. The smallest absolute Gasteiger partial charge is 0.0626 e. The van der Waals surface area contributed by atoms with Crippen molar-refractivity contribution < 1.29 is 5.11 Å². The summed E-state index contributed by atoms with van der Waals surface area (Å²) in [7, 11) is 0. The minimum atomic E-state index is -0.587. The summed E-state index contributed by atoms with van der Waals surface area (Å²) in [5, 5.41) is 9.90. The van der Waals surface area contributed by atoms with Gasteiger partial charge < -0.3 is 5.11 Å². The molecule has 0 aromatic rings. The molecular weight excluding hydrogens is 328 g/mol. The first kappa shape index (κ1) is 20.6. The van der Waals surface area contributed by atoms with Crippen molar-refractivity contribution in [2.75, 3.05) is 0 Å². The lowest BCUT2D eigenvalue weighted by Gasteiger charge is -2.42. The number of aliphatic hydroxyl groups is 1. The number of allylic oxidation sites excluding steroid dienone is 6. The van der Waals surface area contributed by atoms with E-state index in [1.165, 1.54) is 75.4 Å². The highest BCUT2D eigenvalue weighted by Crippen LogP contribution is 2.58. The average Bonchev–Trinajstić information content (AvgIpc) is 2.94. The Morgan fingerprint density at radius 2 is 1.85 bits per heavy atom. The molecule has 0 aromatic carbocycles.